The number of hydrogen-bond donors (Lipinski definition) is 2. The van der Waals surface area contributed by atoms with Crippen molar-refractivity contribution >= 4 is 11.6 Å². The molecule has 0 fully saturated rings. The van der Waals surface area contributed by atoms with Gasteiger partial charge in [-0.1, -0.05) is 19.9 Å². The first-order valence-electron chi connectivity index (χ1n) is 9.86. The van der Waals surface area contributed by atoms with Crippen LogP contribution in [-0.4, -0.2) is 25.7 Å². The van der Waals surface area contributed by atoms with Crippen LogP contribution >= 0.6 is 0 Å². The summed E-state index contributed by atoms with van der Waals surface area (Å²) in [6.45, 7) is 6.52. The summed E-state index contributed by atoms with van der Waals surface area (Å²) >= 11 is 0. The Bertz CT molecular complexity index is 839. The lowest BCUT2D eigenvalue weighted by Gasteiger charge is -2.19. The Hall–Kier alpha value is -2.60. The van der Waals surface area contributed by atoms with Gasteiger partial charge in [-0.25, -0.2) is 4.39 Å². The van der Waals surface area contributed by atoms with E-state index in [1.54, 1.807) is 24.3 Å². The second-order valence-corrected chi connectivity index (χ2v) is 6.80. The van der Waals surface area contributed by atoms with Gasteiger partial charge in [-0.2, -0.15) is 0 Å². The minimum absolute atomic E-state index is 0.202. The summed E-state index contributed by atoms with van der Waals surface area (Å²) in [4.78, 5) is 12.7. The van der Waals surface area contributed by atoms with Crippen LogP contribution < -0.4 is 20.1 Å². The van der Waals surface area contributed by atoms with Crippen molar-refractivity contribution in [3.8, 4) is 11.5 Å². The highest BCUT2D eigenvalue weighted by Crippen LogP contribution is 2.30. The Morgan fingerprint density at radius 3 is 2.61 bits per heavy atom. The van der Waals surface area contributed by atoms with E-state index in [2.05, 4.69) is 10.6 Å². The SMILES string of the molecule is CCCOc1ccc(C(=O)Nc2ccc3c(c2F)CCNC3)cc1OCCC. The van der Waals surface area contributed by atoms with Crippen molar-refractivity contribution in [3.63, 3.8) is 0 Å². The molecular formula is C22H27FN2O3. The molecule has 1 aliphatic heterocycles. The van der Waals surface area contributed by atoms with Crippen molar-refractivity contribution in [2.24, 2.45) is 0 Å². The zero-order valence-electron chi connectivity index (χ0n) is 16.4. The molecule has 1 aliphatic rings. The Morgan fingerprint density at radius 1 is 1.11 bits per heavy atom. The second-order valence-electron chi connectivity index (χ2n) is 6.80. The van der Waals surface area contributed by atoms with Crippen molar-refractivity contribution in [2.75, 3.05) is 25.1 Å². The van der Waals surface area contributed by atoms with Gasteiger partial charge in [0, 0.05) is 12.1 Å². The van der Waals surface area contributed by atoms with E-state index in [1.807, 2.05) is 19.9 Å². The molecule has 2 aromatic carbocycles. The summed E-state index contributed by atoms with van der Waals surface area (Å²) in [5.74, 6) is 0.410. The molecule has 6 heteroatoms. The van der Waals surface area contributed by atoms with Crippen LogP contribution in [0.4, 0.5) is 10.1 Å². The minimum Gasteiger partial charge on any atom is -0.490 e. The van der Waals surface area contributed by atoms with Gasteiger partial charge in [0.1, 0.15) is 5.82 Å². The zero-order valence-corrected chi connectivity index (χ0v) is 16.4. The molecule has 0 atom stereocenters. The first-order valence-corrected chi connectivity index (χ1v) is 9.86. The number of hydrogen-bond acceptors (Lipinski definition) is 4. The number of halogens is 1. The fraction of sp³-hybridized carbons (Fsp3) is 0.409. The fourth-order valence-corrected chi connectivity index (χ4v) is 3.13. The molecule has 150 valence electrons. The minimum atomic E-state index is -0.379. The first kappa shape index (κ1) is 20.1. The fourth-order valence-electron chi connectivity index (χ4n) is 3.13. The summed E-state index contributed by atoms with van der Waals surface area (Å²) in [5, 5.41) is 5.91. The number of amides is 1. The van der Waals surface area contributed by atoms with Crippen LogP contribution in [0.25, 0.3) is 0 Å². The van der Waals surface area contributed by atoms with Gasteiger partial charge in [-0.3, -0.25) is 4.79 Å². The molecule has 3 rings (SSSR count). The number of carbonyl (C=O) groups excluding carboxylic acids is 1. The largest absolute Gasteiger partial charge is 0.490 e. The summed E-state index contributed by atoms with van der Waals surface area (Å²) < 4.78 is 26.2. The Kier molecular flexibility index (Phi) is 6.87. The summed E-state index contributed by atoms with van der Waals surface area (Å²) in [6.07, 6.45) is 2.34. The molecule has 0 saturated carbocycles. The molecule has 0 bridgehead atoms. The van der Waals surface area contributed by atoms with Crippen LogP contribution in [-0.2, 0) is 13.0 Å². The number of anilines is 1. The van der Waals surface area contributed by atoms with Crippen LogP contribution in [0.15, 0.2) is 30.3 Å². The quantitative estimate of drug-likeness (QED) is 0.710. The molecule has 0 radical (unpaired) electrons. The van der Waals surface area contributed by atoms with E-state index in [4.69, 9.17) is 9.47 Å². The van der Waals surface area contributed by atoms with Crippen LogP contribution in [0, 0.1) is 5.82 Å². The number of benzene rings is 2. The van der Waals surface area contributed by atoms with Gasteiger partial charge in [0.25, 0.3) is 5.91 Å². The first-order chi connectivity index (χ1) is 13.6. The molecule has 0 spiro atoms. The van der Waals surface area contributed by atoms with E-state index in [9.17, 15) is 9.18 Å². The standard InChI is InChI=1S/C22H27FN2O3/c1-3-11-27-19-8-6-15(13-20(19)28-12-4-2)22(26)25-18-7-5-16-14-24-10-9-17(16)21(18)23/h5-8,13,24H,3-4,9-12,14H2,1-2H3,(H,25,26). The van der Waals surface area contributed by atoms with Crippen molar-refractivity contribution in [3.05, 3.63) is 52.8 Å². The molecule has 1 amide bonds. The topological polar surface area (TPSA) is 59.6 Å². The highest BCUT2D eigenvalue weighted by atomic mass is 19.1. The molecule has 0 aromatic heterocycles. The maximum absolute atomic E-state index is 14.8. The van der Waals surface area contributed by atoms with Gasteiger partial charge in [-0.15, -0.1) is 0 Å². The van der Waals surface area contributed by atoms with Crippen molar-refractivity contribution in [1.82, 2.24) is 5.32 Å². The summed E-state index contributed by atoms with van der Waals surface area (Å²) in [6, 6.07) is 8.52. The van der Waals surface area contributed by atoms with Crippen LogP contribution in [0.3, 0.4) is 0 Å². The molecule has 28 heavy (non-hydrogen) atoms. The lowest BCUT2D eigenvalue weighted by atomic mass is 9.99. The maximum atomic E-state index is 14.8. The van der Waals surface area contributed by atoms with E-state index in [-0.39, 0.29) is 17.4 Å². The normalized spacial score (nSPS) is 13.0. The maximum Gasteiger partial charge on any atom is 0.255 e. The lowest BCUT2D eigenvalue weighted by molar-refractivity contribution is 0.102. The second kappa shape index (κ2) is 9.55. The zero-order chi connectivity index (χ0) is 19.9. The monoisotopic (exact) mass is 386 g/mol. The van der Waals surface area contributed by atoms with Gasteiger partial charge in [-0.05, 0) is 61.2 Å². The highest BCUT2D eigenvalue weighted by molar-refractivity contribution is 6.04. The van der Waals surface area contributed by atoms with Crippen molar-refractivity contribution in [2.45, 2.75) is 39.7 Å². The van der Waals surface area contributed by atoms with E-state index < -0.39 is 0 Å². The summed E-state index contributed by atoms with van der Waals surface area (Å²) in [7, 11) is 0. The van der Waals surface area contributed by atoms with Crippen molar-refractivity contribution in [1.29, 1.82) is 0 Å². The molecule has 5 nitrogen and oxygen atoms in total. The molecular weight excluding hydrogens is 359 g/mol. The average Bonchev–Trinajstić information content (AvgIpc) is 2.73. The van der Waals surface area contributed by atoms with Crippen molar-refractivity contribution < 1.29 is 18.7 Å². The van der Waals surface area contributed by atoms with Gasteiger partial charge in [0.2, 0.25) is 0 Å². The van der Waals surface area contributed by atoms with Gasteiger partial charge < -0.3 is 20.1 Å². The molecule has 0 unspecified atom stereocenters. The van der Waals surface area contributed by atoms with Gasteiger partial charge in [0.05, 0.1) is 18.9 Å². The van der Waals surface area contributed by atoms with E-state index in [0.717, 1.165) is 24.9 Å². The highest BCUT2D eigenvalue weighted by Gasteiger charge is 2.19. The summed E-state index contributed by atoms with van der Waals surface area (Å²) in [5.41, 5.74) is 2.21. The molecule has 1 heterocycles. The molecule has 2 N–H and O–H groups in total. The third-order valence-corrected chi connectivity index (χ3v) is 4.58. The predicted octanol–water partition coefficient (Wildman–Crippen LogP) is 4.30. The number of nitrogens with one attached hydrogen (secondary N) is 2. The van der Waals surface area contributed by atoms with Crippen LogP contribution in [0.1, 0.15) is 48.2 Å². The smallest absolute Gasteiger partial charge is 0.255 e. The van der Waals surface area contributed by atoms with E-state index in [0.29, 0.717) is 48.8 Å². The van der Waals surface area contributed by atoms with Crippen LogP contribution in [0.5, 0.6) is 11.5 Å². The average molecular weight is 386 g/mol. The number of carbonyl (C=O) groups is 1. The Morgan fingerprint density at radius 2 is 1.86 bits per heavy atom. The number of fused-ring (bicyclic) bond motifs is 1. The number of rotatable bonds is 8. The van der Waals surface area contributed by atoms with Crippen LogP contribution in [0.2, 0.25) is 0 Å². The lowest BCUT2D eigenvalue weighted by Crippen LogP contribution is -2.25. The Labute approximate surface area is 165 Å². The molecule has 0 saturated heterocycles. The third kappa shape index (κ3) is 4.62. The van der Waals surface area contributed by atoms with E-state index in [1.165, 1.54) is 0 Å². The van der Waals surface area contributed by atoms with Gasteiger partial charge in [0.15, 0.2) is 11.5 Å². The number of ether oxygens (including phenoxy) is 2. The van der Waals surface area contributed by atoms with Gasteiger partial charge >= 0.3 is 0 Å². The Balaban J connectivity index is 1.80. The third-order valence-electron chi connectivity index (χ3n) is 4.58. The predicted molar refractivity (Wildman–Crippen MR) is 108 cm³/mol. The molecule has 0 aliphatic carbocycles. The van der Waals surface area contributed by atoms with E-state index >= 15 is 0 Å². The molecule has 2 aromatic rings.